The maximum Gasteiger partial charge on any atom is 0.411 e. The van der Waals surface area contributed by atoms with E-state index in [-0.39, 0.29) is 18.9 Å². The van der Waals surface area contributed by atoms with Crippen molar-refractivity contribution in [2.24, 2.45) is 0 Å². The number of nitrogens with one attached hydrogen (secondary N) is 1. The summed E-state index contributed by atoms with van der Waals surface area (Å²) in [5, 5.41) is 13.2. The zero-order valence-electron chi connectivity index (χ0n) is 15.3. The van der Waals surface area contributed by atoms with Crippen molar-refractivity contribution in [1.82, 2.24) is 9.88 Å². The van der Waals surface area contributed by atoms with Crippen molar-refractivity contribution in [2.75, 3.05) is 11.9 Å². The molecule has 1 aliphatic heterocycles. The highest BCUT2D eigenvalue weighted by molar-refractivity contribution is 7.22. The van der Waals surface area contributed by atoms with Crippen molar-refractivity contribution < 1.29 is 19.4 Å². The number of fused-ring (bicyclic) bond motifs is 1. The average Bonchev–Trinajstić information content (AvgIpc) is 3.08. The van der Waals surface area contributed by atoms with Crippen molar-refractivity contribution >= 4 is 38.7 Å². The fourth-order valence-corrected chi connectivity index (χ4v) is 3.83. The molecular weight excluding hydrogens is 354 g/mol. The normalized spacial score (nSPS) is 20.4. The third kappa shape index (κ3) is 4.13. The predicted molar refractivity (Wildman–Crippen MR) is 100 cm³/mol. The predicted octanol–water partition coefficient (Wildman–Crippen LogP) is 2.91. The molecule has 1 aromatic carbocycles. The number of amides is 2. The molecule has 1 aliphatic rings. The van der Waals surface area contributed by atoms with Crippen LogP contribution in [0.1, 0.15) is 32.8 Å². The van der Waals surface area contributed by atoms with Crippen LogP contribution in [0, 0.1) is 6.92 Å². The lowest BCUT2D eigenvalue weighted by atomic mass is 10.2. The molecule has 2 N–H and O–H groups in total. The zero-order chi connectivity index (χ0) is 19.1. The fourth-order valence-electron chi connectivity index (χ4n) is 2.86. The Balaban J connectivity index is 1.75. The van der Waals surface area contributed by atoms with Crippen LogP contribution in [0.2, 0.25) is 0 Å². The molecular formula is C18H23N3O4S. The number of rotatable bonds is 2. The number of β-amino-alcohol motifs (C(OH)–C–C–N with tert-alkyl or cyclic N) is 1. The molecule has 2 amide bonds. The number of hydrogen-bond acceptors (Lipinski definition) is 6. The molecule has 1 aromatic heterocycles. The van der Waals surface area contributed by atoms with E-state index < -0.39 is 23.8 Å². The molecule has 0 radical (unpaired) electrons. The molecule has 0 spiro atoms. The lowest BCUT2D eigenvalue weighted by Crippen LogP contribution is -2.45. The highest BCUT2D eigenvalue weighted by Gasteiger charge is 2.41. The molecule has 2 heterocycles. The minimum atomic E-state index is -0.784. The minimum absolute atomic E-state index is 0.0754. The van der Waals surface area contributed by atoms with E-state index in [4.69, 9.17) is 4.74 Å². The van der Waals surface area contributed by atoms with Crippen LogP contribution in [0.15, 0.2) is 18.2 Å². The monoisotopic (exact) mass is 377 g/mol. The highest BCUT2D eigenvalue weighted by atomic mass is 32.1. The molecule has 2 atom stereocenters. The van der Waals surface area contributed by atoms with Crippen molar-refractivity contribution in [2.45, 2.75) is 51.9 Å². The van der Waals surface area contributed by atoms with Crippen molar-refractivity contribution in [3.63, 3.8) is 0 Å². The fraction of sp³-hybridized carbons (Fsp3) is 0.500. The van der Waals surface area contributed by atoms with E-state index >= 15 is 0 Å². The SMILES string of the molecule is Cc1ccc2nc(NC(=O)[C@H]3C[C@@H](O)CN3C(=O)OC(C)(C)C)sc2c1. The second-order valence-electron chi connectivity index (χ2n) is 7.52. The average molecular weight is 377 g/mol. The van der Waals surface area contributed by atoms with Gasteiger partial charge < -0.3 is 15.2 Å². The first-order valence-corrected chi connectivity index (χ1v) is 9.30. The maximum atomic E-state index is 12.7. The Kier molecular flexibility index (Phi) is 4.90. The lowest BCUT2D eigenvalue weighted by molar-refractivity contribution is -0.120. The summed E-state index contributed by atoms with van der Waals surface area (Å²) >= 11 is 1.38. The van der Waals surface area contributed by atoms with Crippen LogP contribution >= 0.6 is 11.3 Å². The summed E-state index contributed by atoms with van der Waals surface area (Å²) in [4.78, 5) is 30.7. The standard InChI is InChI=1S/C18H23N3O4S/c1-10-5-6-12-14(7-10)26-16(19-12)20-15(23)13-8-11(22)9-21(13)17(24)25-18(2,3)4/h5-7,11,13,22H,8-9H2,1-4H3,(H,19,20,23)/t11-,13-/m1/s1. The van der Waals surface area contributed by atoms with Gasteiger partial charge >= 0.3 is 6.09 Å². The van der Waals surface area contributed by atoms with Gasteiger partial charge in [0.1, 0.15) is 11.6 Å². The van der Waals surface area contributed by atoms with Gasteiger partial charge in [0.2, 0.25) is 5.91 Å². The molecule has 0 aliphatic carbocycles. The van der Waals surface area contributed by atoms with Gasteiger partial charge in [-0.05, 0) is 45.4 Å². The number of aryl methyl sites for hydroxylation is 1. The number of aliphatic hydroxyl groups is 1. The van der Waals surface area contributed by atoms with Gasteiger partial charge in [0.05, 0.1) is 22.9 Å². The number of thiazole rings is 1. The summed E-state index contributed by atoms with van der Waals surface area (Å²) in [5.74, 6) is -0.372. The molecule has 1 saturated heterocycles. The van der Waals surface area contributed by atoms with Crippen LogP contribution in [-0.2, 0) is 9.53 Å². The first-order chi connectivity index (χ1) is 12.1. The van der Waals surface area contributed by atoms with Crippen molar-refractivity contribution in [3.8, 4) is 0 Å². The van der Waals surface area contributed by atoms with Crippen LogP contribution in [0.3, 0.4) is 0 Å². The second kappa shape index (κ2) is 6.85. The number of anilines is 1. The molecule has 140 valence electrons. The van der Waals surface area contributed by atoms with E-state index in [0.717, 1.165) is 15.8 Å². The zero-order valence-corrected chi connectivity index (χ0v) is 16.1. The Labute approximate surface area is 156 Å². The molecule has 7 nitrogen and oxygen atoms in total. The third-order valence-corrected chi connectivity index (χ3v) is 4.92. The number of hydrogen-bond donors (Lipinski definition) is 2. The molecule has 0 saturated carbocycles. The maximum absolute atomic E-state index is 12.7. The molecule has 2 aromatic rings. The lowest BCUT2D eigenvalue weighted by Gasteiger charge is -2.27. The van der Waals surface area contributed by atoms with E-state index in [1.54, 1.807) is 20.8 Å². The molecule has 1 fully saturated rings. The summed E-state index contributed by atoms with van der Waals surface area (Å²) in [5.41, 5.74) is 1.26. The highest BCUT2D eigenvalue weighted by Crippen LogP contribution is 2.28. The number of carbonyl (C=O) groups is 2. The van der Waals surface area contributed by atoms with Crippen LogP contribution in [-0.4, -0.2) is 51.3 Å². The van der Waals surface area contributed by atoms with Crippen LogP contribution < -0.4 is 5.32 Å². The van der Waals surface area contributed by atoms with Gasteiger partial charge in [-0.25, -0.2) is 9.78 Å². The molecule has 26 heavy (non-hydrogen) atoms. The number of benzene rings is 1. The Morgan fingerprint density at radius 2 is 2.12 bits per heavy atom. The van der Waals surface area contributed by atoms with Gasteiger partial charge in [0.25, 0.3) is 0 Å². The van der Waals surface area contributed by atoms with Crippen molar-refractivity contribution in [1.29, 1.82) is 0 Å². The van der Waals surface area contributed by atoms with E-state index in [1.165, 1.54) is 16.2 Å². The third-order valence-electron chi connectivity index (χ3n) is 3.98. The Hall–Kier alpha value is -2.19. The number of aliphatic hydroxyl groups excluding tert-OH is 1. The molecule has 8 heteroatoms. The number of carbonyl (C=O) groups excluding carboxylic acids is 2. The Morgan fingerprint density at radius 1 is 1.38 bits per heavy atom. The first-order valence-electron chi connectivity index (χ1n) is 8.48. The van der Waals surface area contributed by atoms with Gasteiger partial charge in [0.15, 0.2) is 5.13 Å². The van der Waals surface area contributed by atoms with Gasteiger partial charge in [-0.2, -0.15) is 0 Å². The van der Waals surface area contributed by atoms with Crippen molar-refractivity contribution in [3.05, 3.63) is 23.8 Å². The van der Waals surface area contributed by atoms with E-state index in [9.17, 15) is 14.7 Å². The summed E-state index contributed by atoms with van der Waals surface area (Å²) < 4.78 is 6.33. The number of aromatic nitrogens is 1. The Bertz CT molecular complexity index is 843. The van der Waals surface area contributed by atoms with Gasteiger partial charge in [0, 0.05) is 6.42 Å². The van der Waals surface area contributed by atoms with Gasteiger partial charge in [-0.1, -0.05) is 17.4 Å². The smallest absolute Gasteiger partial charge is 0.411 e. The summed E-state index contributed by atoms with van der Waals surface area (Å²) in [7, 11) is 0. The second-order valence-corrected chi connectivity index (χ2v) is 8.55. The summed E-state index contributed by atoms with van der Waals surface area (Å²) in [6.45, 7) is 7.35. The first kappa shape index (κ1) is 18.6. The number of ether oxygens (including phenoxy) is 1. The van der Waals surface area contributed by atoms with E-state index in [1.807, 2.05) is 25.1 Å². The number of likely N-dealkylation sites (tertiary alicyclic amines) is 1. The molecule has 0 bridgehead atoms. The summed E-state index contributed by atoms with van der Waals surface area (Å²) in [6.07, 6.45) is -1.18. The van der Waals surface area contributed by atoms with E-state index in [2.05, 4.69) is 10.3 Å². The number of nitrogens with zero attached hydrogens (tertiary/aromatic N) is 2. The molecule has 3 rings (SSSR count). The largest absolute Gasteiger partial charge is 0.444 e. The molecule has 0 unspecified atom stereocenters. The minimum Gasteiger partial charge on any atom is -0.444 e. The quantitative estimate of drug-likeness (QED) is 0.840. The van der Waals surface area contributed by atoms with Gasteiger partial charge in [-0.3, -0.25) is 9.69 Å². The topological polar surface area (TPSA) is 91.8 Å². The van der Waals surface area contributed by atoms with Crippen LogP contribution in [0.4, 0.5) is 9.93 Å². The van der Waals surface area contributed by atoms with Crippen LogP contribution in [0.25, 0.3) is 10.2 Å². The Morgan fingerprint density at radius 3 is 2.81 bits per heavy atom. The van der Waals surface area contributed by atoms with E-state index in [0.29, 0.717) is 5.13 Å². The summed E-state index contributed by atoms with van der Waals surface area (Å²) in [6, 6.07) is 5.09. The van der Waals surface area contributed by atoms with Gasteiger partial charge in [-0.15, -0.1) is 0 Å². The van der Waals surface area contributed by atoms with Crippen LogP contribution in [0.5, 0.6) is 0 Å².